The minimum Gasteiger partial charge on any atom is -0.434 e. The van der Waals surface area contributed by atoms with Crippen LogP contribution in [0.25, 0.3) is 22.3 Å². The number of halogens is 2. The van der Waals surface area contributed by atoms with Crippen LogP contribution >= 0.6 is 0 Å². The van der Waals surface area contributed by atoms with Gasteiger partial charge < -0.3 is 24.8 Å². The average Bonchev–Trinajstić information content (AvgIpc) is 3.49. The first-order valence-electron chi connectivity index (χ1n) is 13.9. The lowest BCUT2D eigenvalue weighted by molar-refractivity contribution is -0.0495. The Labute approximate surface area is 234 Å². The van der Waals surface area contributed by atoms with Crippen LogP contribution in [-0.4, -0.2) is 55.5 Å². The summed E-state index contributed by atoms with van der Waals surface area (Å²) in [6.07, 6.45) is 4.66. The van der Waals surface area contributed by atoms with Gasteiger partial charge in [0.2, 0.25) is 0 Å². The van der Waals surface area contributed by atoms with E-state index in [0.29, 0.717) is 66.1 Å². The van der Waals surface area contributed by atoms with Crippen LogP contribution in [0.2, 0.25) is 0 Å². The van der Waals surface area contributed by atoms with E-state index in [4.69, 9.17) is 14.7 Å². The Morgan fingerprint density at radius 1 is 1.10 bits per heavy atom. The zero-order valence-corrected chi connectivity index (χ0v) is 22.1. The highest BCUT2D eigenvalue weighted by molar-refractivity contribution is 6.00. The Hall–Kier alpha value is -3.96. The molecule has 1 amide bonds. The van der Waals surface area contributed by atoms with Gasteiger partial charge in [0.05, 0.1) is 40.8 Å². The van der Waals surface area contributed by atoms with Crippen LogP contribution in [0.4, 0.5) is 8.78 Å². The minimum atomic E-state index is -3.09. The number of aliphatic hydroxyl groups is 2. The first kappa shape index (κ1) is 26.0. The monoisotopic (exact) mass is 561 g/mol. The molecule has 1 fully saturated rings. The molecule has 9 nitrogen and oxygen atoms in total. The van der Waals surface area contributed by atoms with Gasteiger partial charge in [0.1, 0.15) is 17.4 Å². The van der Waals surface area contributed by atoms with Gasteiger partial charge in [-0.25, -0.2) is 15.0 Å². The molecule has 0 unspecified atom stereocenters. The van der Waals surface area contributed by atoms with Crippen LogP contribution in [0.3, 0.4) is 0 Å². The summed E-state index contributed by atoms with van der Waals surface area (Å²) in [4.78, 5) is 27.7. The number of nitrogens with one attached hydrogen (secondary N) is 1. The number of aliphatic hydroxyl groups excluding tert-OH is 2. The van der Waals surface area contributed by atoms with Crippen molar-refractivity contribution in [1.29, 1.82) is 0 Å². The van der Waals surface area contributed by atoms with Crippen molar-refractivity contribution < 1.29 is 28.5 Å². The molecule has 1 aliphatic carbocycles. The number of fused-ring (bicyclic) bond motifs is 9. The van der Waals surface area contributed by atoms with Gasteiger partial charge in [0.25, 0.3) is 5.91 Å². The van der Waals surface area contributed by atoms with E-state index < -0.39 is 18.1 Å². The second-order valence-corrected chi connectivity index (χ2v) is 11.2. The van der Waals surface area contributed by atoms with Crippen molar-refractivity contribution in [2.24, 2.45) is 5.92 Å². The summed E-state index contributed by atoms with van der Waals surface area (Å²) in [5.41, 5.74) is 2.48. The summed E-state index contributed by atoms with van der Waals surface area (Å²) in [7, 11) is 0. The number of carbonyl (C=O) groups excluding carboxylic acids is 1. The Balaban J connectivity index is 1.44. The molecule has 2 aliphatic heterocycles. The zero-order chi connectivity index (χ0) is 28.3. The van der Waals surface area contributed by atoms with Crippen molar-refractivity contribution in [1.82, 2.24) is 24.8 Å². The van der Waals surface area contributed by atoms with Gasteiger partial charge in [-0.15, -0.1) is 0 Å². The molecule has 0 spiro atoms. The summed E-state index contributed by atoms with van der Waals surface area (Å²) in [6.45, 7) is -3.19. The first-order valence-corrected chi connectivity index (χ1v) is 13.9. The van der Waals surface area contributed by atoms with Crippen LogP contribution < -0.4 is 10.1 Å². The first-order chi connectivity index (χ1) is 19.9. The topological polar surface area (TPSA) is 122 Å². The third-order valence-electron chi connectivity index (χ3n) is 9.02. The van der Waals surface area contributed by atoms with E-state index in [0.717, 1.165) is 11.0 Å². The highest BCUT2D eigenvalue weighted by Gasteiger charge is 2.43. The van der Waals surface area contributed by atoms with Crippen molar-refractivity contribution >= 4 is 16.9 Å². The Morgan fingerprint density at radius 3 is 2.66 bits per heavy atom. The third-order valence-corrected chi connectivity index (χ3v) is 9.02. The number of imidazole rings is 1. The molecule has 3 N–H and O–H groups in total. The van der Waals surface area contributed by atoms with Crippen LogP contribution in [0.15, 0.2) is 48.7 Å². The van der Waals surface area contributed by atoms with Gasteiger partial charge in [0.15, 0.2) is 0 Å². The maximum absolute atomic E-state index is 13.7. The van der Waals surface area contributed by atoms with Gasteiger partial charge >= 0.3 is 6.61 Å². The minimum absolute atomic E-state index is 0.0856. The predicted octanol–water partition coefficient (Wildman–Crippen LogP) is 4.28. The molecular formula is C30H29F2N5O4. The van der Waals surface area contributed by atoms with E-state index in [-0.39, 0.29) is 36.8 Å². The predicted molar refractivity (Wildman–Crippen MR) is 145 cm³/mol. The van der Waals surface area contributed by atoms with Crippen molar-refractivity contribution in [3.05, 3.63) is 71.4 Å². The number of alkyl halides is 2. The third kappa shape index (κ3) is 4.09. The van der Waals surface area contributed by atoms with Gasteiger partial charge in [-0.2, -0.15) is 8.78 Å². The number of aromatic nitrogens is 4. The van der Waals surface area contributed by atoms with E-state index in [1.165, 1.54) is 12.1 Å². The molecule has 212 valence electrons. The highest BCUT2D eigenvalue weighted by atomic mass is 19.3. The molecule has 11 heteroatoms. The Bertz CT molecular complexity index is 1650. The van der Waals surface area contributed by atoms with Crippen molar-refractivity contribution in [2.75, 3.05) is 13.2 Å². The fourth-order valence-electron chi connectivity index (χ4n) is 6.90. The molecule has 7 rings (SSSR count). The lowest BCUT2D eigenvalue weighted by Crippen LogP contribution is -2.38. The van der Waals surface area contributed by atoms with E-state index in [1.807, 2.05) is 24.3 Å². The van der Waals surface area contributed by atoms with Gasteiger partial charge in [0, 0.05) is 29.5 Å². The molecule has 4 heterocycles. The molecule has 2 aromatic carbocycles. The number of benzene rings is 2. The molecule has 2 atom stereocenters. The summed E-state index contributed by atoms with van der Waals surface area (Å²) >= 11 is 0. The molecular weight excluding hydrogens is 532 g/mol. The summed E-state index contributed by atoms with van der Waals surface area (Å²) < 4.78 is 34.6. The normalized spacial score (nSPS) is 25.1. The second kappa shape index (κ2) is 9.85. The Morgan fingerprint density at radius 2 is 1.90 bits per heavy atom. The van der Waals surface area contributed by atoms with E-state index in [9.17, 15) is 23.8 Å². The fraction of sp³-hybridized carbons (Fsp3) is 0.400. The standard InChI is InChI=1S/C30H29F2N5O4/c31-29(32)41-23-6-5-17-24(22-13-20(35-27(17)40)26-34-18-3-1-2-4-21(18)37(22)26)25(23)19-9-12-33-28(36-19)30(15-39)10-7-16(14-38)8-11-30/h1-6,9,12,16,20,22,29,38-39H,7-8,10-11,13-15H2,(H,35,40)/t16?,20-,22-,30?/m1/s1. The molecule has 41 heavy (non-hydrogen) atoms. The SMILES string of the molecule is O=C1N[C@@H]2C[C@H](c3c1ccc(OC(F)F)c3-c1ccnc(C3(CO)CCC(CO)CC3)n1)n1c2nc2ccccc21. The molecule has 4 aromatic rings. The maximum Gasteiger partial charge on any atom is 0.387 e. The number of amides is 1. The van der Waals surface area contributed by atoms with Crippen molar-refractivity contribution in [2.45, 2.75) is 56.2 Å². The van der Waals surface area contributed by atoms with Gasteiger partial charge in [-0.05, 0) is 68.4 Å². The number of nitrogens with zero attached hydrogens (tertiary/aromatic N) is 4. The number of rotatable bonds is 6. The maximum atomic E-state index is 13.7. The Kier molecular flexibility index (Phi) is 6.24. The van der Waals surface area contributed by atoms with Gasteiger partial charge in [-0.3, -0.25) is 4.79 Å². The summed E-state index contributed by atoms with van der Waals surface area (Å²) in [5.74, 6) is 0.866. The number of hydrogen-bond donors (Lipinski definition) is 3. The molecule has 0 saturated heterocycles. The molecule has 2 aromatic heterocycles. The van der Waals surface area contributed by atoms with E-state index in [2.05, 4.69) is 14.9 Å². The van der Waals surface area contributed by atoms with Crippen LogP contribution in [0.1, 0.15) is 71.8 Å². The number of para-hydroxylation sites is 2. The van der Waals surface area contributed by atoms with Crippen LogP contribution in [-0.2, 0) is 5.41 Å². The number of carbonyl (C=O) groups is 1. The summed E-state index contributed by atoms with van der Waals surface area (Å²) in [6, 6.07) is 11.5. The zero-order valence-electron chi connectivity index (χ0n) is 22.1. The van der Waals surface area contributed by atoms with Crippen LogP contribution in [0, 0.1) is 5.92 Å². The van der Waals surface area contributed by atoms with E-state index >= 15 is 0 Å². The molecule has 1 saturated carbocycles. The molecule has 3 aliphatic rings. The van der Waals surface area contributed by atoms with Gasteiger partial charge in [-0.1, -0.05) is 12.1 Å². The second-order valence-electron chi connectivity index (χ2n) is 11.2. The molecule has 0 radical (unpaired) electrons. The largest absolute Gasteiger partial charge is 0.434 e. The summed E-state index contributed by atoms with van der Waals surface area (Å²) in [5, 5.41) is 23.2. The van der Waals surface area contributed by atoms with Crippen LogP contribution in [0.5, 0.6) is 5.75 Å². The lowest BCUT2D eigenvalue weighted by atomic mass is 9.70. The smallest absolute Gasteiger partial charge is 0.387 e. The van der Waals surface area contributed by atoms with Crippen molar-refractivity contribution in [3.63, 3.8) is 0 Å². The number of ether oxygens (including phenoxy) is 1. The quantitative estimate of drug-likeness (QED) is 0.321. The fourth-order valence-corrected chi connectivity index (χ4v) is 6.90. The average molecular weight is 562 g/mol. The number of hydrogen-bond acceptors (Lipinski definition) is 7. The van der Waals surface area contributed by atoms with Crippen molar-refractivity contribution in [3.8, 4) is 17.0 Å². The highest BCUT2D eigenvalue weighted by Crippen LogP contribution is 2.50. The molecule has 2 bridgehead atoms. The lowest BCUT2D eigenvalue weighted by Gasteiger charge is -2.37. The van der Waals surface area contributed by atoms with E-state index in [1.54, 1.807) is 12.3 Å².